The summed E-state index contributed by atoms with van der Waals surface area (Å²) in [5.74, 6) is 0. The summed E-state index contributed by atoms with van der Waals surface area (Å²) in [5.41, 5.74) is 2.33. The standard InChI is InChI=1S/C20H26N4O4S/c1-16-6-4-5-7-17(16)15-22(3)19-9-8-18(14-20(19)24(25)26)29(27,28)23-12-10-21(2)11-13-23/h4-9,14H,10-13,15H2,1-3H3/p+1. The van der Waals surface area contributed by atoms with E-state index in [0.717, 1.165) is 24.2 Å². The van der Waals surface area contributed by atoms with Crippen molar-refractivity contribution >= 4 is 21.4 Å². The number of nitrogens with zero attached hydrogens (tertiary/aromatic N) is 3. The van der Waals surface area contributed by atoms with E-state index in [1.807, 2.05) is 38.2 Å². The molecule has 0 aliphatic carbocycles. The molecule has 0 bridgehead atoms. The van der Waals surface area contributed by atoms with E-state index >= 15 is 0 Å². The molecule has 29 heavy (non-hydrogen) atoms. The number of anilines is 1. The summed E-state index contributed by atoms with van der Waals surface area (Å²) >= 11 is 0. The predicted molar refractivity (Wildman–Crippen MR) is 112 cm³/mol. The van der Waals surface area contributed by atoms with E-state index < -0.39 is 14.9 Å². The fourth-order valence-electron chi connectivity index (χ4n) is 3.52. The van der Waals surface area contributed by atoms with Gasteiger partial charge in [0.25, 0.3) is 5.69 Å². The Balaban J connectivity index is 1.91. The third kappa shape index (κ3) is 4.58. The molecule has 1 saturated heterocycles. The quantitative estimate of drug-likeness (QED) is 0.559. The Morgan fingerprint density at radius 3 is 2.45 bits per heavy atom. The fourth-order valence-corrected chi connectivity index (χ4v) is 4.98. The minimum atomic E-state index is -3.75. The van der Waals surface area contributed by atoms with Gasteiger partial charge in [-0.25, -0.2) is 8.42 Å². The molecule has 0 aromatic heterocycles. The van der Waals surface area contributed by atoms with E-state index in [1.165, 1.54) is 27.4 Å². The van der Waals surface area contributed by atoms with Crippen molar-refractivity contribution in [3.05, 3.63) is 63.7 Å². The number of nitro benzene ring substituents is 1. The first kappa shape index (κ1) is 21.2. The maximum atomic E-state index is 13.0. The molecule has 1 fully saturated rings. The molecular weight excluding hydrogens is 392 g/mol. The summed E-state index contributed by atoms with van der Waals surface area (Å²) in [6.07, 6.45) is 0. The zero-order valence-corrected chi connectivity index (χ0v) is 17.8. The highest BCUT2D eigenvalue weighted by Gasteiger charge is 2.31. The van der Waals surface area contributed by atoms with Gasteiger partial charge < -0.3 is 9.80 Å². The minimum absolute atomic E-state index is 0.0307. The van der Waals surface area contributed by atoms with Crippen LogP contribution in [-0.4, -0.2) is 57.9 Å². The lowest BCUT2D eigenvalue weighted by Crippen LogP contribution is -3.12. The smallest absolute Gasteiger partial charge is 0.293 e. The van der Waals surface area contributed by atoms with Crippen molar-refractivity contribution in [3.8, 4) is 0 Å². The number of sulfonamides is 1. The first-order valence-electron chi connectivity index (χ1n) is 9.55. The zero-order chi connectivity index (χ0) is 21.2. The molecule has 1 aliphatic rings. The molecule has 0 spiro atoms. The van der Waals surface area contributed by atoms with Crippen LogP contribution >= 0.6 is 0 Å². The largest absolute Gasteiger partial charge is 0.365 e. The first-order valence-corrected chi connectivity index (χ1v) is 11.0. The molecule has 3 rings (SSSR count). The van der Waals surface area contributed by atoms with Gasteiger partial charge in [0.15, 0.2) is 0 Å². The Morgan fingerprint density at radius 1 is 1.17 bits per heavy atom. The molecule has 0 amide bonds. The second-order valence-corrected chi connectivity index (χ2v) is 9.49. The molecule has 1 aliphatic heterocycles. The van der Waals surface area contributed by atoms with Gasteiger partial charge in [0, 0.05) is 19.7 Å². The molecule has 0 atom stereocenters. The number of rotatable bonds is 6. The van der Waals surface area contributed by atoms with Gasteiger partial charge in [-0.3, -0.25) is 10.1 Å². The Hall–Kier alpha value is -2.49. The molecule has 9 heteroatoms. The van der Waals surface area contributed by atoms with Gasteiger partial charge in [-0.2, -0.15) is 4.31 Å². The SMILES string of the molecule is Cc1ccccc1CN(C)c1ccc(S(=O)(=O)N2CC[NH+](C)CC2)cc1[N+](=O)[O-]. The second-order valence-electron chi connectivity index (χ2n) is 7.55. The molecule has 0 unspecified atom stereocenters. The van der Waals surface area contributed by atoms with Gasteiger partial charge in [-0.15, -0.1) is 0 Å². The minimum Gasteiger partial charge on any atom is -0.365 e. The molecule has 1 N–H and O–H groups in total. The summed E-state index contributed by atoms with van der Waals surface area (Å²) in [4.78, 5) is 14.2. The van der Waals surface area contributed by atoms with E-state index in [9.17, 15) is 18.5 Å². The molecule has 0 radical (unpaired) electrons. The average Bonchev–Trinajstić information content (AvgIpc) is 2.69. The van der Waals surface area contributed by atoms with Crippen molar-refractivity contribution in [2.75, 3.05) is 45.2 Å². The monoisotopic (exact) mass is 419 g/mol. The van der Waals surface area contributed by atoms with Crippen LogP contribution in [0.5, 0.6) is 0 Å². The number of likely N-dealkylation sites (N-methyl/N-ethyl adjacent to an activating group) is 1. The average molecular weight is 420 g/mol. The predicted octanol–water partition coefficient (Wildman–Crippen LogP) is 1.06. The van der Waals surface area contributed by atoms with E-state index in [-0.39, 0.29) is 10.6 Å². The van der Waals surface area contributed by atoms with E-state index in [2.05, 4.69) is 0 Å². The van der Waals surface area contributed by atoms with Gasteiger partial charge in [-0.1, -0.05) is 24.3 Å². The number of hydrogen-bond acceptors (Lipinski definition) is 5. The highest BCUT2D eigenvalue weighted by Crippen LogP contribution is 2.32. The second kappa shape index (κ2) is 8.48. The van der Waals surface area contributed by atoms with Crippen molar-refractivity contribution in [3.63, 3.8) is 0 Å². The van der Waals surface area contributed by atoms with Gasteiger partial charge in [0.05, 0.1) is 43.0 Å². The van der Waals surface area contributed by atoms with Crippen LogP contribution in [0, 0.1) is 17.0 Å². The molecular formula is C20H27N4O4S+. The third-order valence-electron chi connectivity index (χ3n) is 5.44. The lowest BCUT2D eigenvalue weighted by Gasteiger charge is -2.29. The molecule has 2 aromatic carbocycles. The van der Waals surface area contributed by atoms with E-state index in [0.29, 0.717) is 25.3 Å². The van der Waals surface area contributed by atoms with E-state index in [1.54, 1.807) is 11.9 Å². The lowest BCUT2D eigenvalue weighted by molar-refractivity contribution is -0.883. The Labute approximate surface area is 171 Å². The first-order chi connectivity index (χ1) is 13.7. The number of benzene rings is 2. The number of aryl methyl sites for hydroxylation is 1. The van der Waals surface area contributed by atoms with Crippen LogP contribution in [0.1, 0.15) is 11.1 Å². The van der Waals surface area contributed by atoms with Crippen molar-refractivity contribution < 1.29 is 18.2 Å². The van der Waals surface area contributed by atoms with Crippen LogP contribution in [0.4, 0.5) is 11.4 Å². The van der Waals surface area contributed by atoms with Crippen molar-refractivity contribution in [2.24, 2.45) is 0 Å². The zero-order valence-electron chi connectivity index (χ0n) is 17.0. The van der Waals surface area contributed by atoms with Gasteiger partial charge in [0.2, 0.25) is 10.0 Å². The maximum Gasteiger partial charge on any atom is 0.293 e. The molecule has 0 saturated carbocycles. The summed E-state index contributed by atoms with van der Waals surface area (Å²) in [6, 6.07) is 12.0. The number of nitro groups is 1. The van der Waals surface area contributed by atoms with Gasteiger partial charge in [-0.05, 0) is 30.2 Å². The van der Waals surface area contributed by atoms with Crippen LogP contribution < -0.4 is 9.80 Å². The number of quaternary nitrogens is 1. The Morgan fingerprint density at radius 2 is 1.83 bits per heavy atom. The summed E-state index contributed by atoms with van der Waals surface area (Å²) < 4.78 is 27.3. The Kier molecular flexibility index (Phi) is 6.21. The van der Waals surface area contributed by atoms with Crippen molar-refractivity contribution in [1.82, 2.24) is 4.31 Å². The molecule has 1 heterocycles. The van der Waals surface area contributed by atoms with E-state index in [4.69, 9.17) is 0 Å². The van der Waals surface area contributed by atoms with Crippen molar-refractivity contribution in [1.29, 1.82) is 0 Å². The van der Waals surface area contributed by atoms with Crippen LogP contribution in [-0.2, 0) is 16.6 Å². The van der Waals surface area contributed by atoms with Crippen LogP contribution in [0.15, 0.2) is 47.4 Å². The summed E-state index contributed by atoms with van der Waals surface area (Å²) in [7, 11) is 0.0392. The molecule has 2 aromatic rings. The number of hydrogen-bond donors (Lipinski definition) is 1. The fraction of sp³-hybridized carbons (Fsp3) is 0.400. The maximum absolute atomic E-state index is 13.0. The van der Waals surface area contributed by atoms with Gasteiger partial charge >= 0.3 is 0 Å². The number of piperazine rings is 1. The highest BCUT2D eigenvalue weighted by atomic mass is 32.2. The van der Waals surface area contributed by atoms with Crippen LogP contribution in [0.25, 0.3) is 0 Å². The van der Waals surface area contributed by atoms with Crippen LogP contribution in [0.3, 0.4) is 0 Å². The van der Waals surface area contributed by atoms with Crippen LogP contribution in [0.2, 0.25) is 0 Å². The summed E-state index contributed by atoms with van der Waals surface area (Å²) in [6.45, 7) is 4.75. The lowest BCUT2D eigenvalue weighted by atomic mass is 10.1. The third-order valence-corrected chi connectivity index (χ3v) is 7.33. The highest BCUT2D eigenvalue weighted by molar-refractivity contribution is 7.89. The Bertz CT molecular complexity index is 1000. The van der Waals surface area contributed by atoms with Gasteiger partial charge in [0.1, 0.15) is 5.69 Å². The molecule has 156 valence electrons. The summed E-state index contributed by atoms with van der Waals surface area (Å²) in [5, 5.41) is 11.7. The normalized spacial score (nSPS) is 16.0. The molecule has 8 nitrogen and oxygen atoms in total. The van der Waals surface area contributed by atoms with Crippen molar-refractivity contribution in [2.45, 2.75) is 18.4 Å². The topological polar surface area (TPSA) is 88.2 Å². The number of nitrogens with one attached hydrogen (secondary N) is 1.